The highest BCUT2D eigenvalue weighted by Gasteiger charge is 2.27. The van der Waals surface area contributed by atoms with Gasteiger partial charge in [0.25, 0.3) is 11.1 Å². The number of carbonyl (C=O) groups is 3. The molecule has 0 aliphatic carbocycles. The zero-order chi connectivity index (χ0) is 18.5. The summed E-state index contributed by atoms with van der Waals surface area (Å²) in [5.74, 6) is -1.61. The fourth-order valence-corrected chi connectivity index (χ4v) is 3.38. The summed E-state index contributed by atoms with van der Waals surface area (Å²) in [6, 6.07) is 7.30. The number of fused-ring (bicyclic) bond motifs is 1. The van der Waals surface area contributed by atoms with Crippen molar-refractivity contribution >= 4 is 40.6 Å². The van der Waals surface area contributed by atoms with Crippen molar-refractivity contribution in [1.29, 1.82) is 0 Å². The average molecular weight is 377 g/mol. The van der Waals surface area contributed by atoms with Gasteiger partial charge in [-0.15, -0.1) is 0 Å². The van der Waals surface area contributed by atoms with Crippen molar-refractivity contribution in [1.82, 2.24) is 9.88 Å². The first-order valence-corrected chi connectivity index (χ1v) is 9.22. The lowest BCUT2D eigenvalue weighted by molar-refractivity contribution is -0.151. The first-order valence-electron chi connectivity index (χ1n) is 8.24. The molecule has 0 radical (unpaired) electrons. The third-order valence-electron chi connectivity index (χ3n) is 4.12. The van der Waals surface area contributed by atoms with E-state index < -0.39 is 11.9 Å². The van der Waals surface area contributed by atoms with Gasteiger partial charge in [-0.2, -0.15) is 0 Å². The zero-order valence-electron chi connectivity index (χ0n) is 14.1. The molecule has 2 amide bonds. The van der Waals surface area contributed by atoms with Crippen LogP contribution < -0.4 is 5.73 Å². The minimum absolute atomic E-state index is 0.00991. The number of nitrogens with zero attached hydrogens (tertiary/aromatic N) is 2. The van der Waals surface area contributed by atoms with Gasteiger partial charge in [0.1, 0.15) is 11.3 Å². The Kier molecular flexibility index (Phi) is 5.77. The number of amides is 2. The molecule has 8 nitrogen and oxygen atoms in total. The van der Waals surface area contributed by atoms with Crippen LogP contribution in [0.4, 0.5) is 0 Å². The number of rotatable bonds is 6. The fraction of sp³-hybridized carbons (Fsp3) is 0.412. The molecule has 1 aliphatic heterocycles. The monoisotopic (exact) mass is 377 g/mol. The Labute approximate surface area is 154 Å². The Morgan fingerprint density at radius 3 is 2.92 bits per heavy atom. The van der Waals surface area contributed by atoms with Gasteiger partial charge in [-0.1, -0.05) is 23.9 Å². The van der Waals surface area contributed by atoms with Crippen LogP contribution in [0.3, 0.4) is 0 Å². The van der Waals surface area contributed by atoms with Crippen LogP contribution >= 0.6 is 11.8 Å². The number of piperidine rings is 1. The molecule has 1 aromatic heterocycles. The molecule has 0 spiro atoms. The van der Waals surface area contributed by atoms with Crippen LogP contribution in [0.25, 0.3) is 11.1 Å². The number of hydrogen-bond acceptors (Lipinski definition) is 7. The minimum atomic E-state index is -0.533. The Morgan fingerprint density at radius 2 is 2.15 bits per heavy atom. The summed E-state index contributed by atoms with van der Waals surface area (Å²) in [4.78, 5) is 41.0. The lowest BCUT2D eigenvalue weighted by Crippen LogP contribution is -2.45. The summed E-state index contributed by atoms with van der Waals surface area (Å²) in [6.07, 6.45) is 1.39. The molecule has 0 bridgehead atoms. The predicted molar refractivity (Wildman–Crippen MR) is 94.2 cm³/mol. The van der Waals surface area contributed by atoms with Crippen LogP contribution in [-0.4, -0.2) is 53.1 Å². The van der Waals surface area contributed by atoms with Gasteiger partial charge in [-0.25, -0.2) is 4.98 Å². The molecule has 2 aromatic rings. The molecule has 1 saturated heterocycles. The van der Waals surface area contributed by atoms with Crippen molar-refractivity contribution in [3.05, 3.63) is 24.3 Å². The third kappa shape index (κ3) is 4.54. The fourth-order valence-electron chi connectivity index (χ4n) is 2.74. The molecular weight excluding hydrogens is 358 g/mol. The summed E-state index contributed by atoms with van der Waals surface area (Å²) >= 11 is 1.11. The number of hydrogen-bond donors (Lipinski definition) is 1. The van der Waals surface area contributed by atoms with E-state index >= 15 is 0 Å². The zero-order valence-corrected chi connectivity index (χ0v) is 14.9. The van der Waals surface area contributed by atoms with E-state index in [4.69, 9.17) is 14.9 Å². The number of ether oxygens (including phenoxy) is 1. The second kappa shape index (κ2) is 8.22. The molecule has 26 heavy (non-hydrogen) atoms. The SMILES string of the molecule is NC(=O)[C@@H]1CCCN(C(=O)COC(=O)CSc2nc3ccccc3o2)C1. The number of oxazole rings is 1. The van der Waals surface area contributed by atoms with Crippen molar-refractivity contribution < 1.29 is 23.5 Å². The van der Waals surface area contributed by atoms with Crippen molar-refractivity contribution in [2.45, 2.75) is 18.1 Å². The lowest BCUT2D eigenvalue weighted by atomic mass is 9.97. The van der Waals surface area contributed by atoms with Crippen LogP contribution in [0.1, 0.15) is 12.8 Å². The molecule has 2 N–H and O–H groups in total. The number of thioether (sulfide) groups is 1. The maximum atomic E-state index is 12.1. The van der Waals surface area contributed by atoms with Gasteiger partial charge in [0.2, 0.25) is 5.91 Å². The summed E-state index contributed by atoms with van der Waals surface area (Å²) < 4.78 is 10.5. The van der Waals surface area contributed by atoms with Gasteiger partial charge >= 0.3 is 5.97 Å². The van der Waals surface area contributed by atoms with E-state index in [-0.39, 0.29) is 30.7 Å². The normalized spacial score (nSPS) is 17.2. The number of para-hydroxylation sites is 2. The molecule has 3 rings (SSSR count). The molecule has 1 atom stereocenters. The standard InChI is InChI=1S/C17H19N3O5S/c18-16(23)11-4-3-7-20(8-11)14(21)9-24-15(22)10-26-17-19-12-5-1-2-6-13(12)25-17/h1-2,5-6,11H,3-4,7-10H2,(H2,18,23)/t11-/m1/s1. The predicted octanol–water partition coefficient (Wildman–Crippen LogP) is 1.19. The van der Waals surface area contributed by atoms with E-state index in [1.807, 2.05) is 18.2 Å². The van der Waals surface area contributed by atoms with Gasteiger partial charge in [0, 0.05) is 13.1 Å². The first-order chi connectivity index (χ1) is 12.5. The van der Waals surface area contributed by atoms with Crippen LogP contribution in [0.15, 0.2) is 33.9 Å². The Hall–Kier alpha value is -2.55. The van der Waals surface area contributed by atoms with Crippen molar-refractivity contribution in [2.75, 3.05) is 25.4 Å². The summed E-state index contributed by atoms with van der Waals surface area (Å²) in [5.41, 5.74) is 6.66. The average Bonchev–Trinajstić information content (AvgIpc) is 3.07. The molecule has 1 aromatic carbocycles. The largest absolute Gasteiger partial charge is 0.455 e. The molecule has 138 valence electrons. The number of carbonyl (C=O) groups excluding carboxylic acids is 3. The lowest BCUT2D eigenvalue weighted by Gasteiger charge is -2.31. The number of benzene rings is 1. The topological polar surface area (TPSA) is 116 Å². The molecule has 0 unspecified atom stereocenters. The molecular formula is C17H19N3O5S. The van der Waals surface area contributed by atoms with E-state index in [0.717, 1.165) is 11.8 Å². The van der Waals surface area contributed by atoms with Gasteiger partial charge in [-0.3, -0.25) is 14.4 Å². The second-order valence-electron chi connectivity index (χ2n) is 5.98. The van der Waals surface area contributed by atoms with Gasteiger partial charge < -0.3 is 19.8 Å². The van der Waals surface area contributed by atoms with E-state index in [2.05, 4.69) is 4.98 Å². The quantitative estimate of drug-likeness (QED) is 0.594. The van der Waals surface area contributed by atoms with Crippen molar-refractivity contribution in [3.8, 4) is 0 Å². The minimum Gasteiger partial charge on any atom is -0.455 e. The van der Waals surface area contributed by atoms with Crippen LogP contribution in [0, 0.1) is 5.92 Å². The summed E-state index contributed by atoms with van der Waals surface area (Å²) in [6.45, 7) is 0.472. The van der Waals surface area contributed by atoms with Crippen LogP contribution in [0.2, 0.25) is 0 Å². The maximum absolute atomic E-state index is 12.1. The number of nitrogens with two attached hydrogens (primary N) is 1. The van der Waals surface area contributed by atoms with E-state index in [9.17, 15) is 14.4 Å². The Balaban J connectivity index is 1.43. The number of aromatic nitrogens is 1. The Bertz CT molecular complexity index is 789. The molecule has 9 heteroatoms. The van der Waals surface area contributed by atoms with Gasteiger partial charge in [0.15, 0.2) is 12.2 Å². The van der Waals surface area contributed by atoms with Gasteiger partial charge in [-0.05, 0) is 25.0 Å². The summed E-state index contributed by atoms with van der Waals surface area (Å²) in [5, 5.41) is 0.370. The van der Waals surface area contributed by atoms with Crippen molar-refractivity contribution in [3.63, 3.8) is 0 Å². The molecule has 2 heterocycles. The highest BCUT2D eigenvalue weighted by atomic mass is 32.2. The smallest absolute Gasteiger partial charge is 0.316 e. The highest BCUT2D eigenvalue weighted by molar-refractivity contribution is 7.99. The van der Waals surface area contributed by atoms with Gasteiger partial charge in [0.05, 0.1) is 5.92 Å². The second-order valence-corrected chi connectivity index (χ2v) is 6.90. The molecule has 0 saturated carbocycles. The Morgan fingerprint density at radius 1 is 1.35 bits per heavy atom. The number of primary amides is 1. The van der Waals surface area contributed by atoms with Crippen molar-refractivity contribution in [2.24, 2.45) is 11.7 Å². The van der Waals surface area contributed by atoms with Crippen LogP contribution in [-0.2, 0) is 19.1 Å². The highest BCUT2D eigenvalue weighted by Crippen LogP contribution is 2.23. The molecule has 1 aliphatic rings. The number of esters is 1. The third-order valence-corrected chi connectivity index (χ3v) is 4.92. The van der Waals surface area contributed by atoms with E-state index in [1.54, 1.807) is 6.07 Å². The maximum Gasteiger partial charge on any atom is 0.316 e. The molecule has 1 fully saturated rings. The number of likely N-dealkylation sites (tertiary alicyclic amines) is 1. The van der Waals surface area contributed by atoms with E-state index in [1.165, 1.54) is 4.90 Å². The van der Waals surface area contributed by atoms with Crippen LogP contribution in [0.5, 0.6) is 0 Å². The summed E-state index contributed by atoms with van der Waals surface area (Å²) in [7, 11) is 0. The first kappa shape index (κ1) is 18.2. The van der Waals surface area contributed by atoms with E-state index in [0.29, 0.717) is 35.7 Å².